The van der Waals surface area contributed by atoms with Crippen molar-refractivity contribution in [3.8, 4) is 11.5 Å². The number of aliphatic carboxylic acids is 1. The fraction of sp³-hybridized carbons (Fsp3) is 0.333. The molecule has 0 radical (unpaired) electrons. The van der Waals surface area contributed by atoms with Crippen LogP contribution in [0.15, 0.2) is 18.2 Å². The number of phenolic OH excluding ortho intramolecular Hbond substituents is 2. The van der Waals surface area contributed by atoms with Crippen molar-refractivity contribution in [3.63, 3.8) is 0 Å². The number of rotatable bonds is 2. The van der Waals surface area contributed by atoms with E-state index >= 15 is 0 Å². The molecule has 2 rings (SSSR count). The van der Waals surface area contributed by atoms with Crippen LogP contribution in [0.2, 0.25) is 0 Å². The zero-order valence-electron chi connectivity index (χ0n) is 9.85. The molecule has 1 saturated heterocycles. The summed E-state index contributed by atoms with van der Waals surface area (Å²) in [5.74, 6) is -2.54. The molecule has 1 heterocycles. The minimum Gasteiger partial charge on any atom is -0.508 e. The van der Waals surface area contributed by atoms with Crippen molar-refractivity contribution in [3.05, 3.63) is 23.8 Å². The molecule has 0 unspecified atom stereocenters. The quantitative estimate of drug-likeness (QED) is 0.587. The number of aromatic hydroxyl groups is 2. The van der Waals surface area contributed by atoms with Gasteiger partial charge in [-0.3, -0.25) is 4.79 Å². The maximum absolute atomic E-state index is 12.1. The zero-order valence-corrected chi connectivity index (χ0v) is 9.85. The SMILES string of the molecule is O=C(O)[C@@H]1C[C@H](O)CN1C(=O)c1ccc(O)cc1O. The summed E-state index contributed by atoms with van der Waals surface area (Å²) in [6.07, 6.45) is -0.941. The van der Waals surface area contributed by atoms with Crippen LogP contribution in [-0.4, -0.2) is 55.9 Å². The summed E-state index contributed by atoms with van der Waals surface area (Å²) in [6, 6.07) is 2.30. The number of carbonyl (C=O) groups excluding carboxylic acids is 1. The molecule has 1 amide bonds. The number of nitrogens with zero attached hydrogens (tertiary/aromatic N) is 1. The Morgan fingerprint density at radius 1 is 1.26 bits per heavy atom. The van der Waals surface area contributed by atoms with Crippen molar-refractivity contribution in [2.75, 3.05) is 6.54 Å². The topological polar surface area (TPSA) is 118 Å². The van der Waals surface area contributed by atoms with Gasteiger partial charge < -0.3 is 25.3 Å². The maximum Gasteiger partial charge on any atom is 0.326 e. The van der Waals surface area contributed by atoms with Crippen LogP contribution >= 0.6 is 0 Å². The summed E-state index contributed by atoms with van der Waals surface area (Å²) in [6.45, 7) is -0.101. The van der Waals surface area contributed by atoms with Crippen LogP contribution in [0.4, 0.5) is 0 Å². The highest BCUT2D eigenvalue weighted by Crippen LogP contribution is 2.27. The van der Waals surface area contributed by atoms with Crippen LogP contribution in [-0.2, 0) is 4.79 Å². The number of aliphatic hydroxyl groups is 1. The number of carboxylic acid groups (broad SMARTS) is 1. The van der Waals surface area contributed by atoms with E-state index in [1.807, 2.05) is 0 Å². The van der Waals surface area contributed by atoms with Crippen LogP contribution in [0.3, 0.4) is 0 Å². The first kappa shape index (κ1) is 13.2. The summed E-state index contributed by atoms with van der Waals surface area (Å²) in [7, 11) is 0. The molecule has 0 spiro atoms. The average Bonchev–Trinajstić information content (AvgIpc) is 2.70. The molecule has 0 aromatic heterocycles. The summed E-state index contributed by atoms with van der Waals surface area (Å²) >= 11 is 0. The lowest BCUT2D eigenvalue weighted by Crippen LogP contribution is -2.40. The molecule has 1 aromatic carbocycles. The van der Waals surface area contributed by atoms with Gasteiger partial charge in [-0.2, -0.15) is 0 Å². The standard InChI is InChI=1S/C12H13NO6/c14-6-1-2-8(10(16)4-6)11(17)13-5-7(15)3-9(13)12(18)19/h1-2,4,7,9,14-16H,3,5H2,(H,18,19)/t7-,9-/m0/s1. The summed E-state index contributed by atoms with van der Waals surface area (Å²) < 4.78 is 0. The van der Waals surface area contributed by atoms with E-state index in [0.717, 1.165) is 11.0 Å². The zero-order chi connectivity index (χ0) is 14.2. The van der Waals surface area contributed by atoms with E-state index in [4.69, 9.17) is 10.2 Å². The number of amides is 1. The molecular weight excluding hydrogens is 254 g/mol. The average molecular weight is 267 g/mol. The molecule has 4 N–H and O–H groups in total. The second-order valence-electron chi connectivity index (χ2n) is 4.40. The number of hydrogen-bond acceptors (Lipinski definition) is 5. The second-order valence-corrected chi connectivity index (χ2v) is 4.40. The van der Waals surface area contributed by atoms with E-state index in [1.165, 1.54) is 12.1 Å². The van der Waals surface area contributed by atoms with Crippen molar-refractivity contribution < 1.29 is 30.0 Å². The first-order valence-electron chi connectivity index (χ1n) is 5.64. The van der Waals surface area contributed by atoms with Gasteiger partial charge in [0.25, 0.3) is 5.91 Å². The number of carboxylic acids is 1. The summed E-state index contributed by atoms with van der Waals surface area (Å²) in [5, 5.41) is 37.2. The monoisotopic (exact) mass is 267 g/mol. The summed E-state index contributed by atoms with van der Waals surface area (Å²) in [5.41, 5.74) is -0.113. The predicted molar refractivity (Wildman–Crippen MR) is 62.9 cm³/mol. The molecule has 0 saturated carbocycles. The number of β-amino-alcohol motifs (C(OH)–C–C–N with tert-alkyl or cyclic N) is 1. The molecule has 7 nitrogen and oxygen atoms in total. The Morgan fingerprint density at radius 3 is 2.53 bits per heavy atom. The number of carbonyl (C=O) groups is 2. The molecule has 0 bridgehead atoms. The van der Waals surface area contributed by atoms with Gasteiger partial charge in [-0.15, -0.1) is 0 Å². The molecule has 7 heteroatoms. The highest BCUT2D eigenvalue weighted by molar-refractivity contribution is 5.99. The number of likely N-dealkylation sites (tertiary alicyclic amines) is 1. The van der Waals surface area contributed by atoms with Gasteiger partial charge >= 0.3 is 5.97 Å². The number of phenols is 2. The third kappa shape index (κ3) is 2.45. The van der Waals surface area contributed by atoms with Gasteiger partial charge in [0.15, 0.2) is 0 Å². The van der Waals surface area contributed by atoms with Gasteiger partial charge in [0.2, 0.25) is 0 Å². The molecule has 1 aliphatic rings. The number of hydrogen-bond donors (Lipinski definition) is 4. The second kappa shape index (κ2) is 4.77. The van der Waals surface area contributed by atoms with E-state index in [2.05, 4.69) is 0 Å². The fourth-order valence-corrected chi connectivity index (χ4v) is 2.13. The van der Waals surface area contributed by atoms with Crippen molar-refractivity contribution in [1.82, 2.24) is 4.90 Å². The smallest absolute Gasteiger partial charge is 0.326 e. The summed E-state index contributed by atoms with van der Waals surface area (Å²) in [4.78, 5) is 24.2. The van der Waals surface area contributed by atoms with Crippen molar-refractivity contribution in [2.24, 2.45) is 0 Å². The minimum absolute atomic E-state index is 0.0417. The number of aliphatic hydroxyl groups excluding tert-OH is 1. The number of benzene rings is 1. The van der Waals surface area contributed by atoms with Gasteiger partial charge in [0, 0.05) is 19.0 Å². The Morgan fingerprint density at radius 2 is 1.95 bits per heavy atom. The molecule has 1 fully saturated rings. The lowest BCUT2D eigenvalue weighted by molar-refractivity contribution is -0.141. The Bertz CT molecular complexity index is 529. The Labute approximate surface area is 108 Å². The van der Waals surface area contributed by atoms with Gasteiger partial charge in [-0.1, -0.05) is 0 Å². The first-order valence-corrected chi connectivity index (χ1v) is 5.64. The molecule has 102 valence electrons. The third-order valence-electron chi connectivity index (χ3n) is 3.04. The molecule has 0 aliphatic carbocycles. The highest BCUT2D eigenvalue weighted by atomic mass is 16.4. The molecule has 1 aromatic rings. The van der Waals surface area contributed by atoms with E-state index in [1.54, 1.807) is 0 Å². The lowest BCUT2D eigenvalue weighted by atomic mass is 10.1. The van der Waals surface area contributed by atoms with Crippen molar-refractivity contribution in [2.45, 2.75) is 18.6 Å². The Kier molecular flexibility index (Phi) is 3.30. The van der Waals surface area contributed by atoms with Gasteiger partial charge in [-0.05, 0) is 12.1 Å². The van der Waals surface area contributed by atoms with Crippen LogP contribution in [0, 0.1) is 0 Å². The van der Waals surface area contributed by atoms with Gasteiger partial charge in [0.05, 0.1) is 11.7 Å². The normalized spacial score (nSPS) is 22.5. The maximum atomic E-state index is 12.1. The third-order valence-corrected chi connectivity index (χ3v) is 3.04. The molecular formula is C12H13NO6. The Hall–Kier alpha value is -2.28. The first-order chi connectivity index (χ1) is 8.90. The van der Waals surface area contributed by atoms with E-state index in [-0.39, 0.29) is 24.3 Å². The van der Waals surface area contributed by atoms with Crippen LogP contribution in [0.5, 0.6) is 11.5 Å². The largest absolute Gasteiger partial charge is 0.508 e. The van der Waals surface area contributed by atoms with E-state index in [9.17, 15) is 19.8 Å². The van der Waals surface area contributed by atoms with Crippen LogP contribution in [0.1, 0.15) is 16.8 Å². The van der Waals surface area contributed by atoms with Crippen LogP contribution in [0.25, 0.3) is 0 Å². The lowest BCUT2D eigenvalue weighted by Gasteiger charge is -2.21. The highest BCUT2D eigenvalue weighted by Gasteiger charge is 2.39. The minimum atomic E-state index is -1.21. The fourth-order valence-electron chi connectivity index (χ4n) is 2.13. The molecule has 1 aliphatic heterocycles. The predicted octanol–water partition coefficient (Wildman–Crippen LogP) is -0.242. The molecule has 19 heavy (non-hydrogen) atoms. The van der Waals surface area contributed by atoms with Crippen molar-refractivity contribution >= 4 is 11.9 Å². The van der Waals surface area contributed by atoms with Gasteiger partial charge in [0.1, 0.15) is 17.5 Å². The van der Waals surface area contributed by atoms with Gasteiger partial charge in [-0.25, -0.2) is 4.79 Å². The van der Waals surface area contributed by atoms with E-state index < -0.39 is 29.8 Å². The van der Waals surface area contributed by atoms with Crippen molar-refractivity contribution in [1.29, 1.82) is 0 Å². The van der Waals surface area contributed by atoms with E-state index in [0.29, 0.717) is 0 Å². The van der Waals surface area contributed by atoms with Crippen LogP contribution < -0.4 is 0 Å². The Balaban J connectivity index is 2.30. The molecule has 2 atom stereocenters.